The van der Waals surface area contributed by atoms with Crippen LogP contribution < -0.4 is 4.90 Å². The summed E-state index contributed by atoms with van der Waals surface area (Å²) in [5.41, 5.74) is 18.5. The molecule has 1 nitrogen and oxygen atoms in total. The van der Waals surface area contributed by atoms with Gasteiger partial charge >= 0.3 is 0 Å². The third-order valence-electron chi connectivity index (χ3n) is 11.7. The summed E-state index contributed by atoms with van der Waals surface area (Å²) >= 11 is 0. The zero-order valence-corrected chi connectivity index (χ0v) is 31.7. The Kier molecular flexibility index (Phi) is 8.23. The SMILES string of the molecule is CC1(C)c2cc(-c3ccc(N(c4ccc(-c5ccccc5)cc4)c4ccc5ccccc5c4)cc3)c(-c3ccccc3)cc2-c2c(-c3ccccc3)cccc21. The third-order valence-corrected chi connectivity index (χ3v) is 11.7. The minimum atomic E-state index is -0.155. The van der Waals surface area contributed by atoms with Crippen molar-refractivity contribution in [2.24, 2.45) is 0 Å². The molecule has 1 aliphatic carbocycles. The second-order valence-corrected chi connectivity index (χ2v) is 15.4. The lowest BCUT2D eigenvalue weighted by atomic mass is 9.80. The van der Waals surface area contributed by atoms with E-state index in [1.54, 1.807) is 0 Å². The lowest BCUT2D eigenvalue weighted by Gasteiger charge is -2.27. The maximum absolute atomic E-state index is 2.48. The number of hydrogen-bond acceptors (Lipinski definition) is 1. The van der Waals surface area contributed by atoms with Crippen LogP contribution in [0.3, 0.4) is 0 Å². The van der Waals surface area contributed by atoms with Crippen LogP contribution in [-0.4, -0.2) is 0 Å². The highest BCUT2D eigenvalue weighted by atomic mass is 15.1. The largest absolute Gasteiger partial charge is 0.310 e. The summed E-state index contributed by atoms with van der Waals surface area (Å²) in [6.07, 6.45) is 0. The van der Waals surface area contributed by atoms with Gasteiger partial charge in [-0.2, -0.15) is 0 Å². The molecule has 0 radical (unpaired) electrons. The van der Waals surface area contributed by atoms with Gasteiger partial charge in [-0.05, 0) is 126 Å². The molecule has 266 valence electrons. The first kappa shape index (κ1) is 33.6. The Bertz CT molecular complexity index is 2840. The van der Waals surface area contributed by atoms with Gasteiger partial charge in [-0.15, -0.1) is 0 Å². The zero-order chi connectivity index (χ0) is 37.6. The molecular weight excluding hydrogens is 675 g/mol. The third kappa shape index (κ3) is 5.81. The van der Waals surface area contributed by atoms with Crippen LogP contribution in [0.4, 0.5) is 17.1 Å². The van der Waals surface area contributed by atoms with Gasteiger partial charge in [0.15, 0.2) is 0 Å². The molecule has 10 rings (SSSR count). The predicted molar refractivity (Wildman–Crippen MR) is 238 cm³/mol. The van der Waals surface area contributed by atoms with E-state index in [9.17, 15) is 0 Å². The number of fused-ring (bicyclic) bond motifs is 4. The lowest BCUT2D eigenvalue weighted by Crippen LogP contribution is -2.15. The van der Waals surface area contributed by atoms with Crippen molar-refractivity contribution in [3.05, 3.63) is 223 Å². The average Bonchev–Trinajstić information content (AvgIpc) is 3.49. The molecule has 0 saturated heterocycles. The van der Waals surface area contributed by atoms with Crippen molar-refractivity contribution in [2.75, 3.05) is 4.90 Å². The molecule has 56 heavy (non-hydrogen) atoms. The first-order valence-corrected chi connectivity index (χ1v) is 19.5. The van der Waals surface area contributed by atoms with Crippen LogP contribution in [0.2, 0.25) is 0 Å². The van der Waals surface area contributed by atoms with E-state index in [0.717, 1.165) is 17.1 Å². The van der Waals surface area contributed by atoms with Crippen LogP contribution in [0, 0.1) is 0 Å². The van der Waals surface area contributed by atoms with Crippen molar-refractivity contribution in [1.82, 2.24) is 0 Å². The number of rotatable bonds is 7. The van der Waals surface area contributed by atoms with Crippen molar-refractivity contribution in [2.45, 2.75) is 19.3 Å². The van der Waals surface area contributed by atoms with E-state index >= 15 is 0 Å². The summed E-state index contributed by atoms with van der Waals surface area (Å²) in [7, 11) is 0. The lowest BCUT2D eigenvalue weighted by molar-refractivity contribution is 0.661. The van der Waals surface area contributed by atoms with Crippen LogP contribution in [0.15, 0.2) is 212 Å². The van der Waals surface area contributed by atoms with E-state index in [0.29, 0.717) is 0 Å². The van der Waals surface area contributed by atoms with Gasteiger partial charge in [-0.3, -0.25) is 0 Å². The van der Waals surface area contributed by atoms with Gasteiger partial charge in [0.25, 0.3) is 0 Å². The van der Waals surface area contributed by atoms with Crippen molar-refractivity contribution >= 4 is 27.8 Å². The molecule has 0 aromatic heterocycles. The van der Waals surface area contributed by atoms with Gasteiger partial charge in [-0.1, -0.05) is 178 Å². The van der Waals surface area contributed by atoms with Gasteiger partial charge in [0.2, 0.25) is 0 Å². The average molecular weight is 716 g/mol. The smallest absolute Gasteiger partial charge is 0.0468 e. The monoisotopic (exact) mass is 715 g/mol. The molecule has 1 heteroatoms. The van der Waals surface area contributed by atoms with Gasteiger partial charge in [0.1, 0.15) is 0 Å². The topological polar surface area (TPSA) is 3.24 Å². The van der Waals surface area contributed by atoms with E-state index in [-0.39, 0.29) is 5.41 Å². The Balaban J connectivity index is 1.11. The van der Waals surface area contributed by atoms with Crippen LogP contribution in [-0.2, 0) is 5.41 Å². The molecule has 0 atom stereocenters. The highest BCUT2D eigenvalue weighted by Gasteiger charge is 2.38. The minimum absolute atomic E-state index is 0.155. The van der Waals surface area contributed by atoms with Gasteiger partial charge in [0, 0.05) is 22.5 Å². The normalized spacial score (nSPS) is 12.6. The molecule has 1 aliphatic rings. The first-order valence-electron chi connectivity index (χ1n) is 19.5. The Hall–Kier alpha value is -6.96. The summed E-state index contributed by atoms with van der Waals surface area (Å²) in [5.74, 6) is 0. The predicted octanol–water partition coefficient (Wildman–Crippen LogP) is 15.3. The molecule has 0 bridgehead atoms. The summed E-state index contributed by atoms with van der Waals surface area (Å²) in [6, 6.07) is 77.5. The zero-order valence-electron chi connectivity index (χ0n) is 31.7. The number of anilines is 3. The second-order valence-electron chi connectivity index (χ2n) is 15.4. The van der Waals surface area contributed by atoms with Crippen LogP contribution >= 0.6 is 0 Å². The highest BCUT2D eigenvalue weighted by molar-refractivity contribution is 5.98. The summed E-state index contributed by atoms with van der Waals surface area (Å²) in [6.45, 7) is 4.76. The maximum atomic E-state index is 2.48. The summed E-state index contributed by atoms with van der Waals surface area (Å²) in [5, 5.41) is 2.45. The van der Waals surface area contributed by atoms with E-state index in [1.165, 1.54) is 77.5 Å². The van der Waals surface area contributed by atoms with E-state index < -0.39 is 0 Å². The van der Waals surface area contributed by atoms with Crippen LogP contribution in [0.5, 0.6) is 0 Å². The maximum Gasteiger partial charge on any atom is 0.0468 e. The molecule has 0 N–H and O–H groups in total. The molecule has 9 aromatic carbocycles. The Morgan fingerprint density at radius 1 is 0.304 bits per heavy atom. The van der Waals surface area contributed by atoms with Crippen LogP contribution in [0.1, 0.15) is 25.0 Å². The van der Waals surface area contributed by atoms with Gasteiger partial charge in [-0.25, -0.2) is 0 Å². The molecular formula is C55H41N. The first-order chi connectivity index (χ1) is 27.5. The highest BCUT2D eigenvalue weighted by Crippen LogP contribution is 2.54. The molecule has 0 aliphatic heterocycles. The van der Waals surface area contributed by atoms with Crippen molar-refractivity contribution in [3.8, 4) is 55.6 Å². The van der Waals surface area contributed by atoms with Gasteiger partial charge < -0.3 is 4.90 Å². The van der Waals surface area contributed by atoms with E-state index in [1.807, 2.05) is 0 Å². The quantitative estimate of drug-likeness (QED) is 0.159. The Morgan fingerprint density at radius 2 is 0.786 bits per heavy atom. The molecule has 0 unspecified atom stereocenters. The number of hydrogen-bond donors (Lipinski definition) is 0. The molecule has 0 saturated carbocycles. The van der Waals surface area contributed by atoms with E-state index in [2.05, 4.69) is 231 Å². The second kappa shape index (κ2) is 13.7. The van der Waals surface area contributed by atoms with Crippen molar-refractivity contribution in [1.29, 1.82) is 0 Å². The number of nitrogens with zero attached hydrogens (tertiary/aromatic N) is 1. The molecule has 0 spiro atoms. The Morgan fingerprint density at radius 3 is 1.43 bits per heavy atom. The fourth-order valence-corrected chi connectivity index (χ4v) is 8.77. The molecule has 9 aromatic rings. The molecule has 0 fully saturated rings. The summed E-state index contributed by atoms with van der Waals surface area (Å²) < 4.78 is 0. The standard InChI is InChI=1S/C55H41N/c1-55(2)52-24-14-23-48(41-18-8-4-9-19-41)54(52)51-36-49(42-20-10-5-11-21-42)50(37-53(51)55)43-28-32-46(33-29-43)56(47-34-27-39-17-12-13-22-44(39)35-47)45-30-25-40(26-31-45)38-15-6-3-7-16-38/h3-37H,1-2H3. The fraction of sp³-hybridized carbons (Fsp3) is 0.0545. The van der Waals surface area contributed by atoms with Crippen molar-refractivity contribution < 1.29 is 0 Å². The Labute approximate surface area is 329 Å². The van der Waals surface area contributed by atoms with E-state index in [4.69, 9.17) is 0 Å². The summed E-state index contributed by atoms with van der Waals surface area (Å²) in [4.78, 5) is 2.37. The van der Waals surface area contributed by atoms with Gasteiger partial charge in [0.05, 0.1) is 0 Å². The van der Waals surface area contributed by atoms with Crippen molar-refractivity contribution in [3.63, 3.8) is 0 Å². The minimum Gasteiger partial charge on any atom is -0.310 e. The fourth-order valence-electron chi connectivity index (χ4n) is 8.77. The van der Waals surface area contributed by atoms with Crippen LogP contribution in [0.25, 0.3) is 66.4 Å². The molecule has 0 amide bonds. The number of benzene rings is 9. The molecule has 0 heterocycles.